The number of aromatic nitrogens is 1. The topological polar surface area (TPSA) is 104 Å². The molecule has 0 bridgehead atoms. The zero-order valence-electron chi connectivity index (χ0n) is 19.4. The summed E-state index contributed by atoms with van der Waals surface area (Å²) in [7, 11) is 0. The number of ether oxygens (including phenoxy) is 1. The Balaban J connectivity index is 1.96. The van der Waals surface area contributed by atoms with Gasteiger partial charge in [-0.05, 0) is 51.0 Å². The molecule has 1 aromatic heterocycles. The largest absolute Gasteiger partial charge is 0.459 e. The van der Waals surface area contributed by atoms with E-state index in [1.54, 1.807) is 70.2 Å². The first-order valence-corrected chi connectivity index (χ1v) is 12.0. The fraction of sp³-hybridized carbons (Fsp3) is 0.240. The van der Waals surface area contributed by atoms with E-state index in [2.05, 4.69) is 4.99 Å². The van der Waals surface area contributed by atoms with Gasteiger partial charge < -0.3 is 4.74 Å². The summed E-state index contributed by atoms with van der Waals surface area (Å²) in [6.45, 7) is 6.84. The molecule has 10 heteroatoms. The molecule has 3 aromatic rings. The van der Waals surface area contributed by atoms with Gasteiger partial charge in [0.05, 0.1) is 26.8 Å². The van der Waals surface area contributed by atoms with Crippen molar-refractivity contribution >= 4 is 40.7 Å². The summed E-state index contributed by atoms with van der Waals surface area (Å²) in [6.07, 6.45) is 1.22. The molecule has 4 rings (SSSR count). The molecule has 0 spiro atoms. The molecule has 1 aliphatic heterocycles. The van der Waals surface area contributed by atoms with Crippen molar-refractivity contribution in [2.75, 3.05) is 0 Å². The van der Waals surface area contributed by atoms with Crippen LogP contribution in [-0.4, -0.2) is 21.6 Å². The van der Waals surface area contributed by atoms with Crippen molar-refractivity contribution in [3.05, 3.63) is 105 Å². The van der Waals surface area contributed by atoms with Crippen molar-refractivity contribution in [1.82, 2.24) is 4.57 Å². The van der Waals surface area contributed by atoms with E-state index >= 15 is 0 Å². The standard InChI is InChI=1S/C25H22ClN3O5S/c1-13(2)34-24(31)21-15(4)27-25-28(22(21)17-7-5-6-8-18(17)26)23(30)20(35-25)12-16-10-9-14(3)19(11-16)29(32)33/h5-13,22H,1-4H3. The maximum absolute atomic E-state index is 13.6. The molecule has 0 N–H and O–H groups in total. The molecule has 0 radical (unpaired) electrons. The first-order chi connectivity index (χ1) is 16.6. The zero-order valence-corrected chi connectivity index (χ0v) is 21.0. The molecule has 2 aromatic carbocycles. The molecule has 0 saturated carbocycles. The van der Waals surface area contributed by atoms with Crippen molar-refractivity contribution < 1.29 is 14.5 Å². The number of hydrogen-bond acceptors (Lipinski definition) is 7. The van der Waals surface area contributed by atoms with E-state index in [-0.39, 0.29) is 22.9 Å². The molecular formula is C25H22ClN3O5S. The van der Waals surface area contributed by atoms with Crippen molar-refractivity contribution in [1.29, 1.82) is 0 Å². The highest BCUT2D eigenvalue weighted by molar-refractivity contribution is 7.07. The Bertz CT molecular complexity index is 1570. The Morgan fingerprint density at radius 1 is 1.26 bits per heavy atom. The molecule has 2 heterocycles. The summed E-state index contributed by atoms with van der Waals surface area (Å²) >= 11 is 7.65. The number of hydrogen-bond donors (Lipinski definition) is 0. The lowest BCUT2D eigenvalue weighted by molar-refractivity contribution is -0.385. The van der Waals surface area contributed by atoms with Gasteiger partial charge in [-0.25, -0.2) is 9.79 Å². The molecule has 1 aliphatic rings. The highest BCUT2D eigenvalue weighted by Gasteiger charge is 2.34. The number of thiazole rings is 1. The number of carbonyl (C=O) groups is 1. The summed E-state index contributed by atoms with van der Waals surface area (Å²) in [5, 5.41) is 11.7. The summed E-state index contributed by atoms with van der Waals surface area (Å²) in [5.41, 5.74) is 1.85. The number of esters is 1. The predicted molar refractivity (Wildman–Crippen MR) is 134 cm³/mol. The molecule has 8 nitrogen and oxygen atoms in total. The van der Waals surface area contributed by atoms with Gasteiger partial charge in [-0.2, -0.15) is 0 Å². The van der Waals surface area contributed by atoms with Gasteiger partial charge in [0.15, 0.2) is 4.80 Å². The number of fused-ring (bicyclic) bond motifs is 1. The Hall–Kier alpha value is -3.56. The molecule has 1 unspecified atom stereocenters. The summed E-state index contributed by atoms with van der Waals surface area (Å²) in [4.78, 5) is 42.5. The fourth-order valence-electron chi connectivity index (χ4n) is 3.92. The third-order valence-electron chi connectivity index (χ3n) is 5.51. The van der Waals surface area contributed by atoms with Gasteiger partial charge in [0.2, 0.25) is 0 Å². The van der Waals surface area contributed by atoms with Crippen molar-refractivity contribution in [3.63, 3.8) is 0 Å². The highest BCUT2D eigenvalue weighted by Crippen LogP contribution is 2.34. The molecule has 35 heavy (non-hydrogen) atoms. The van der Waals surface area contributed by atoms with Gasteiger partial charge in [0, 0.05) is 16.7 Å². The summed E-state index contributed by atoms with van der Waals surface area (Å²) < 4.78 is 7.23. The van der Waals surface area contributed by atoms with Gasteiger partial charge in [0.25, 0.3) is 11.2 Å². The Morgan fingerprint density at radius 2 is 1.97 bits per heavy atom. The van der Waals surface area contributed by atoms with Crippen molar-refractivity contribution in [3.8, 4) is 0 Å². The molecule has 1 atom stereocenters. The minimum absolute atomic E-state index is 0.0324. The number of nitro benzene ring substituents is 1. The van der Waals surface area contributed by atoms with Crippen LogP contribution in [-0.2, 0) is 9.53 Å². The first-order valence-electron chi connectivity index (χ1n) is 10.8. The average molecular weight is 512 g/mol. The smallest absolute Gasteiger partial charge is 0.338 e. The predicted octanol–water partition coefficient (Wildman–Crippen LogP) is 4.06. The second-order valence-electron chi connectivity index (χ2n) is 8.36. The van der Waals surface area contributed by atoms with E-state index in [1.807, 2.05) is 0 Å². The Morgan fingerprint density at radius 3 is 2.63 bits per heavy atom. The van der Waals surface area contributed by atoms with E-state index in [0.717, 1.165) is 11.3 Å². The van der Waals surface area contributed by atoms with Gasteiger partial charge in [-0.3, -0.25) is 19.5 Å². The van der Waals surface area contributed by atoms with E-state index in [4.69, 9.17) is 16.3 Å². The minimum Gasteiger partial charge on any atom is -0.459 e. The monoisotopic (exact) mass is 511 g/mol. The molecular weight excluding hydrogens is 490 g/mol. The zero-order chi connectivity index (χ0) is 25.4. The molecule has 0 aliphatic carbocycles. The normalized spacial score (nSPS) is 15.7. The average Bonchev–Trinajstić information content (AvgIpc) is 3.08. The van der Waals surface area contributed by atoms with Crippen LogP contribution in [0.3, 0.4) is 0 Å². The van der Waals surface area contributed by atoms with Crippen LogP contribution in [0.1, 0.15) is 43.5 Å². The number of nitro groups is 1. The van der Waals surface area contributed by atoms with Gasteiger partial charge >= 0.3 is 5.97 Å². The lowest BCUT2D eigenvalue weighted by atomic mass is 9.96. The second kappa shape index (κ2) is 9.59. The van der Waals surface area contributed by atoms with Crippen LogP contribution in [0.4, 0.5) is 5.69 Å². The Kier molecular flexibility index (Phi) is 6.73. The third-order valence-corrected chi connectivity index (χ3v) is 6.84. The molecule has 180 valence electrons. The van der Waals surface area contributed by atoms with Crippen LogP contribution >= 0.6 is 22.9 Å². The Labute approximate surface area is 209 Å². The van der Waals surface area contributed by atoms with Gasteiger partial charge in [0.1, 0.15) is 6.04 Å². The van der Waals surface area contributed by atoms with Gasteiger partial charge in [-0.15, -0.1) is 0 Å². The van der Waals surface area contributed by atoms with E-state index in [9.17, 15) is 19.7 Å². The maximum Gasteiger partial charge on any atom is 0.338 e. The summed E-state index contributed by atoms with van der Waals surface area (Å²) in [5.74, 6) is -0.574. The lowest BCUT2D eigenvalue weighted by Gasteiger charge is -2.26. The van der Waals surface area contributed by atoms with Crippen LogP contribution < -0.4 is 14.9 Å². The molecule has 0 amide bonds. The summed E-state index contributed by atoms with van der Waals surface area (Å²) in [6, 6.07) is 10.9. The number of halogens is 1. The second-order valence-corrected chi connectivity index (χ2v) is 9.78. The van der Waals surface area contributed by atoms with Crippen molar-refractivity contribution in [2.24, 2.45) is 4.99 Å². The van der Waals surface area contributed by atoms with Gasteiger partial charge in [-0.1, -0.05) is 53.3 Å². The van der Waals surface area contributed by atoms with E-state index in [0.29, 0.717) is 36.7 Å². The number of benzene rings is 2. The minimum atomic E-state index is -0.833. The van der Waals surface area contributed by atoms with E-state index in [1.165, 1.54) is 10.6 Å². The number of carbonyl (C=O) groups excluding carboxylic acids is 1. The van der Waals surface area contributed by atoms with Crippen LogP contribution in [0.2, 0.25) is 5.02 Å². The highest BCUT2D eigenvalue weighted by atomic mass is 35.5. The molecule has 0 fully saturated rings. The van der Waals surface area contributed by atoms with Crippen LogP contribution in [0.5, 0.6) is 0 Å². The maximum atomic E-state index is 13.6. The number of rotatable bonds is 5. The first kappa shape index (κ1) is 24.6. The van der Waals surface area contributed by atoms with Crippen LogP contribution in [0.25, 0.3) is 6.08 Å². The van der Waals surface area contributed by atoms with Crippen LogP contribution in [0.15, 0.2) is 63.5 Å². The lowest BCUT2D eigenvalue weighted by Crippen LogP contribution is -2.40. The quantitative estimate of drug-likeness (QED) is 0.292. The van der Waals surface area contributed by atoms with Crippen LogP contribution in [0, 0.1) is 17.0 Å². The number of allylic oxidation sites excluding steroid dienone is 1. The molecule has 0 saturated heterocycles. The number of aryl methyl sites for hydroxylation is 1. The fourth-order valence-corrected chi connectivity index (χ4v) is 5.20. The SMILES string of the molecule is CC1=C(C(=O)OC(C)C)C(c2ccccc2Cl)n2c(sc(=Cc3ccc(C)c([N+](=O)[O-])c3)c2=O)=N1. The van der Waals surface area contributed by atoms with E-state index < -0.39 is 16.9 Å². The van der Waals surface area contributed by atoms with Crippen molar-refractivity contribution in [2.45, 2.75) is 39.8 Å². The third kappa shape index (κ3) is 4.69. The number of nitrogens with zero attached hydrogens (tertiary/aromatic N) is 3.